The summed E-state index contributed by atoms with van der Waals surface area (Å²) in [7, 11) is 0. The largest absolute Gasteiger partial charge is 0.494 e. The molecule has 0 saturated heterocycles. The Morgan fingerprint density at radius 3 is 2.75 bits per heavy atom. The molecule has 0 spiro atoms. The second-order valence-electron chi connectivity index (χ2n) is 5.41. The van der Waals surface area contributed by atoms with E-state index >= 15 is 0 Å². The molecule has 0 bridgehead atoms. The van der Waals surface area contributed by atoms with Crippen molar-refractivity contribution in [2.24, 2.45) is 0 Å². The third kappa shape index (κ3) is 5.53. The summed E-state index contributed by atoms with van der Waals surface area (Å²) in [5.41, 5.74) is 1.47. The minimum Gasteiger partial charge on any atom is -0.494 e. The number of aryl methyl sites for hydroxylation is 1. The Morgan fingerprint density at radius 2 is 2.00 bits per heavy atom. The molecule has 0 saturated carbocycles. The lowest BCUT2D eigenvalue weighted by Crippen LogP contribution is -2.26. The molecule has 2 aromatic carbocycles. The Kier molecular flexibility index (Phi) is 7.07. The van der Waals surface area contributed by atoms with E-state index in [9.17, 15) is 9.18 Å². The third-order valence-corrected chi connectivity index (χ3v) is 3.82. The topological polar surface area (TPSA) is 38.3 Å². The standard InChI is InChI=1S/C19H21ClFNO2/c1-2-24-18-8-4-3-6-14(18)7-5-11-22-19(23)12-15-9-10-16(20)13-17(15)21/h3-4,6,8-10,13H,2,5,7,11-12H2,1H3,(H,22,23). The molecule has 0 aliphatic heterocycles. The van der Waals surface area contributed by atoms with Gasteiger partial charge in [-0.2, -0.15) is 0 Å². The van der Waals surface area contributed by atoms with E-state index in [4.69, 9.17) is 16.3 Å². The van der Waals surface area contributed by atoms with Crippen LogP contribution in [0.5, 0.6) is 5.75 Å². The number of carbonyl (C=O) groups is 1. The maximum atomic E-state index is 13.7. The molecule has 128 valence electrons. The molecule has 0 aliphatic carbocycles. The zero-order valence-electron chi connectivity index (χ0n) is 13.6. The normalized spacial score (nSPS) is 10.5. The quantitative estimate of drug-likeness (QED) is 0.726. The van der Waals surface area contributed by atoms with Crippen LogP contribution in [0.3, 0.4) is 0 Å². The Balaban J connectivity index is 1.77. The first-order valence-electron chi connectivity index (χ1n) is 8.01. The van der Waals surface area contributed by atoms with Gasteiger partial charge in [0.05, 0.1) is 13.0 Å². The molecule has 0 fully saturated rings. The van der Waals surface area contributed by atoms with Crippen molar-refractivity contribution in [3.05, 3.63) is 64.4 Å². The Hall–Kier alpha value is -2.07. The van der Waals surface area contributed by atoms with Gasteiger partial charge in [0.15, 0.2) is 0 Å². The molecular formula is C19H21ClFNO2. The zero-order valence-corrected chi connectivity index (χ0v) is 14.4. The maximum Gasteiger partial charge on any atom is 0.224 e. The van der Waals surface area contributed by atoms with Crippen molar-refractivity contribution in [2.75, 3.05) is 13.2 Å². The lowest BCUT2D eigenvalue weighted by atomic mass is 10.1. The van der Waals surface area contributed by atoms with Crippen molar-refractivity contribution >= 4 is 17.5 Å². The third-order valence-electron chi connectivity index (χ3n) is 3.58. The van der Waals surface area contributed by atoms with Crippen molar-refractivity contribution in [3.8, 4) is 5.75 Å². The summed E-state index contributed by atoms with van der Waals surface area (Å²) in [5, 5.41) is 3.14. The number of rotatable bonds is 8. The van der Waals surface area contributed by atoms with Crippen LogP contribution in [-0.2, 0) is 17.6 Å². The lowest BCUT2D eigenvalue weighted by Gasteiger charge is -2.10. The highest BCUT2D eigenvalue weighted by atomic mass is 35.5. The van der Waals surface area contributed by atoms with E-state index in [1.807, 2.05) is 31.2 Å². The van der Waals surface area contributed by atoms with Crippen LogP contribution in [0.1, 0.15) is 24.5 Å². The molecule has 0 heterocycles. The molecule has 0 atom stereocenters. The minimum absolute atomic E-state index is 0.0124. The van der Waals surface area contributed by atoms with Gasteiger partial charge in [0.2, 0.25) is 5.91 Å². The summed E-state index contributed by atoms with van der Waals surface area (Å²) in [6, 6.07) is 12.2. The van der Waals surface area contributed by atoms with Gasteiger partial charge in [-0.05, 0) is 49.1 Å². The van der Waals surface area contributed by atoms with Gasteiger partial charge in [-0.15, -0.1) is 0 Å². The van der Waals surface area contributed by atoms with Crippen molar-refractivity contribution in [2.45, 2.75) is 26.2 Å². The van der Waals surface area contributed by atoms with Crippen molar-refractivity contribution in [1.82, 2.24) is 5.32 Å². The predicted molar refractivity (Wildman–Crippen MR) is 94.1 cm³/mol. The highest BCUT2D eigenvalue weighted by Gasteiger charge is 2.09. The van der Waals surface area contributed by atoms with E-state index < -0.39 is 5.82 Å². The molecule has 0 unspecified atom stereocenters. The van der Waals surface area contributed by atoms with Crippen LogP contribution in [0, 0.1) is 5.82 Å². The smallest absolute Gasteiger partial charge is 0.224 e. The van der Waals surface area contributed by atoms with E-state index in [1.165, 1.54) is 12.1 Å². The van der Waals surface area contributed by atoms with E-state index in [0.29, 0.717) is 23.7 Å². The number of para-hydroxylation sites is 1. The van der Waals surface area contributed by atoms with Crippen molar-refractivity contribution in [3.63, 3.8) is 0 Å². The van der Waals surface area contributed by atoms with Crippen LogP contribution in [0.4, 0.5) is 4.39 Å². The van der Waals surface area contributed by atoms with Crippen LogP contribution in [0.25, 0.3) is 0 Å². The van der Waals surface area contributed by atoms with Gasteiger partial charge in [0.1, 0.15) is 11.6 Å². The molecule has 5 heteroatoms. The molecule has 1 amide bonds. The summed E-state index contributed by atoms with van der Waals surface area (Å²) in [5.74, 6) is 0.229. The zero-order chi connectivity index (χ0) is 17.4. The first kappa shape index (κ1) is 18.3. The van der Waals surface area contributed by atoms with Gasteiger partial charge in [-0.1, -0.05) is 35.9 Å². The second kappa shape index (κ2) is 9.28. The SMILES string of the molecule is CCOc1ccccc1CCCNC(=O)Cc1ccc(Cl)cc1F. The van der Waals surface area contributed by atoms with Gasteiger partial charge >= 0.3 is 0 Å². The first-order valence-corrected chi connectivity index (χ1v) is 8.39. The number of amides is 1. The molecule has 0 radical (unpaired) electrons. The average molecular weight is 350 g/mol. The Morgan fingerprint density at radius 1 is 1.21 bits per heavy atom. The molecule has 2 aromatic rings. The van der Waals surface area contributed by atoms with Crippen LogP contribution in [-0.4, -0.2) is 19.1 Å². The highest BCUT2D eigenvalue weighted by Crippen LogP contribution is 2.19. The maximum absolute atomic E-state index is 13.7. The highest BCUT2D eigenvalue weighted by molar-refractivity contribution is 6.30. The number of halogens is 2. The molecule has 24 heavy (non-hydrogen) atoms. The van der Waals surface area contributed by atoms with Gasteiger partial charge in [-0.3, -0.25) is 4.79 Å². The minimum atomic E-state index is -0.455. The van der Waals surface area contributed by atoms with Crippen LogP contribution < -0.4 is 10.1 Å². The fourth-order valence-corrected chi connectivity index (χ4v) is 2.57. The fourth-order valence-electron chi connectivity index (χ4n) is 2.41. The van der Waals surface area contributed by atoms with Crippen molar-refractivity contribution < 1.29 is 13.9 Å². The first-order chi connectivity index (χ1) is 11.6. The van der Waals surface area contributed by atoms with E-state index in [-0.39, 0.29) is 12.3 Å². The Labute approximate surface area is 146 Å². The van der Waals surface area contributed by atoms with Gasteiger partial charge < -0.3 is 10.1 Å². The summed E-state index contributed by atoms with van der Waals surface area (Å²) >= 11 is 5.70. The monoisotopic (exact) mass is 349 g/mol. The summed E-state index contributed by atoms with van der Waals surface area (Å²) in [6.07, 6.45) is 1.61. The number of hydrogen-bond donors (Lipinski definition) is 1. The van der Waals surface area contributed by atoms with E-state index in [0.717, 1.165) is 24.2 Å². The summed E-state index contributed by atoms with van der Waals surface area (Å²) in [4.78, 5) is 11.9. The molecule has 0 aromatic heterocycles. The number of ether oxygens (including phenoxy) is 1. The summed E-state index contributed by atoms with van der Waals surface area (Å²) in [6.45, 7) is 3.11. The fraction of sp³-hybridized carbons (Fsp3) is 0.316. The number of hydrogen-bond acceptors (Lipinski definition) is 2. The number of benzene rings is 2. The van der Waals surface area contributed by atoms with Crippen LogP contribution >= 0.6 is 11.6 Å². The van der Waals surface area contributed by atoms with Gasteiger partial charge in [0.25, 0.3) is 0 Å². The van der Waals surface area contributed by atoms with Crippen molar-refractivity contribution in [1.29, 1.82) is 0 Å². The molecule has 3 nitrogen and oxygen atoms in total. The number of nitrogens with one attached hydrogen (secondary N) is 1. The molecule has 2 rings (SSSR count). The predicted octanol–water partition coefficient (Wildman–Crippen LogP) is 4.17. The van der Waals surface area contributed by atoms with Crippen LogP contribution in [0.2, 0.25) is 5.02 Å². The number of carbonyl (C=O) groups excluding carboxylic acids is 1. The average Bonchev–Trinajstić information content (AvgIpc) is 2.56. The molecule has 1 N–H and O–H groups in total. The van der Waals surface area contributed by atoms with E-state index in [2.05, 4.69) is 5.32 Å². The summed E-state index contributed by atoms with van der Waals surface area (Å²) < 4.78 is 19.2. The van der Waals surface area contributed by atoms with Crippen LogP contribution in [0.15, 0.2) is 42.5 Å². The molecular weight excluding hydrogens is 329 g/mol. The molecule has 0 aliphatic rings. The van der Waals surface area contributed by atoms with Gasteiger partial charge in [-0.25, -0.2) is 4.39 Å². The Bertz CT molecular complexity index is 691. The lowest BCUT2D eigenvalue weighted by molar-refractivity contribution is -0.120. The van der Waals surface area contributed by atoms with E-state index in [1.54, 1.807) is 6.07 Å². The van der Waals surface area contributed by atoms with Gasteiger partial charge in [0, 0.05) is 11.6 Å². The second-order valence-corrected chi connectivity index (χ2v) is 5.84.